The summed E-state index contributed by atoms with van der Waals surface area (Å²) in [5, 5.41) is 0. The minimum Gasteiger partial charge on any atom is -0.462 e. The second-order valence-electron chi connectivity index (χ2n) is 2.82. The molecule has 90 valence electrons. The Morgan fingerprint density at radius 3 is 2.06 bits per heavy atom. The summed E-state index contributed by atoms with van der Waals surface area (Å²) in [5.74, 6) is 1.31. The molecule has 0 fully saturated rings. The van der Waals surface area contributed by atoms with Crippen LogP contribution in [0, 0.1) is 0 Å². The van der Waals surface area contributed by atoms with Crippen LogP contribution in [0.3, 0.4) is 0 Å². The molecule has 0 aliphatic carbocycles. The predicted molar refractivity (Wildman–Crippen MR) is 64.6 cm³/mol. The highest BCUT2D eigenvalue weighted by Crippen LogP contribution is 2.35. The molecule has 0 amide bonds. The standard InChI is InChI=1S/C10H11BrF2O2S/c1-16-4-8-9(14-5-12)2-7(11)3-10(8)15-6-13/h2-3H,4-6H2,1H3. The molecule has 0 spiro atoms. The van der Waals surface area contributed by atoms with E-state index in [1.807, 2.05) is 6.26 Å². The minimum atomic E-state index is -0.924. The van der Waals surface area contributed by atoms with Crippen molar-refractivity contribution in [3.8, 4) is 11.5 Å². The van der Waals surface area contributed by atoms with E-state index in [1.54, 1.807) is 12.1 Å². The molecule has 1 aromatic carbocycles. The lowest BCUT2D eigenvalue weighted by molar-refractivity contribution is 0.179. The minimum absolute atomic E-state index is 0.370. The van der Waals surface area contributed by atoms with E-state index in [4.69, 9.17) is 9.47 Å². The summed E-state index contributed by atoms with van der Waals surface area (Å²) in [6.07, 6.45) is 1.89. The summed E-state index contributed by atoms with van der Waals surface area (Å²) in [7, 11) is 0. The summed E-state index contributed by atoms with van der Waals surface area (Å²) in [5.41, 5.74) is 0.658. The molecule has 1 rings (SSSR count). The summed E-state index contributed by atoms with van der Waals surface area (Å²) >= 11 is 4.75. The van der Waals surface area contributed by atoms with E-state index >= 15 is 0 Å². The first-order valence-electron chi connectivity index (χ1n) is 4.41. The van der Waals surface area contributed by atoms with Crippen molar-refractivity contribution in [3.63, 3.8) is 0 Å². The fourth-order valence-electron chi connectivity index (χ4n) is 1.25. The van der Waals surface area contributed by atoms with Gasteiger partial charge in [-0.15, -0.1) is 0 Å². The number of hydrogen-bond acceptors (Lipinski definition) is 3. The highest BCUT2D eigenvalue weighted by Gasteiger charge is 2.12. The Balaban J connectivity index is 3.12. The van der Waals surface area contributed by atoms with Gasteiger partial charge in [-0.1, -0.05) is 15.9 Å². The summed E-state index contributed by atoms with van der Waals surface area (Å²) in [6, 6.07) is 3.27. The summed E-state index contributed by atoms with van der Waals surface area (Å²) in [4.78, 5) is 0. The van der Waals surface area contributed by atoms with Gasteiger partial charge in [-0.2, -0.15) is 11.8 Å². The molecule has 0 aliphatic rings. The Kier molecular flexibility index (Phi) is 5.90. The van der Waals surface area contributed by atoms with E-state index in [2.05, 4.69) is 15.9 Å². The number of halogens is 3. The molecule has 0 saturated carbocycles. The first kappa shape index (κ1) is 13.6. The molecular formula is C10H11BrF2O2S. The van der Waals surface area contributed by atoms with Crippen molar-refractivity contribution in [2.75, 3.05) is 20.0 Å². The zero-order chi connectivity index (χ0) is 12.0. The van der Waals surface area contributed by atoms with Gasteiger partial charge in [0.15, 0.2) is 0 Å². The molecule has 1 aromatic rings. The molecule has 0 saturated heterocycles. The third-order valence-electron chi connectivity index (χ3n) is 1.84. The molecular weight excluding hydrogens is 302 g/mol. The van der Waals surface area contributed by atoms with Gasteiger partial charge in [-0.05, 0) is 18.4 Å². The maximum Gasteiger partial charge on any atom is 0.228 e. The van der Waals surface area contributed by atoms with Crippen molar-refractivity contribution >= 4 is 27.7 Å². The fourth-order valence-corrected chi connectivity index (χ4v) is 2.24. The van der Waals surface area contributed by atoms with Crippen LogP contribution in [0.4, 0.5) is 8.78 Å². The normalized spacial score (nSPS) is 10.2. The van der Waals surface area contributed by atoms with E-state index < -0.39 is 13.7 Å². The monoisotopic (exact) mass is 312 g/mol. The van der Waals surface area contributed by atoms with Crippen molar-refractivity contribution in [2.45, 2.75) is 5.75 Å². The van der Waals surface area contributed by atoms with Gasteiger partial charge < -0.3 is 9.47 Å². The Morgan fingerprint density at radius 1 is 1.19 bits per heavy atom. The molecule has 0 atom stereocenters. The van der Waals surface area contributed by atoms with Crippen LogP contribution in [-0.4, -0.2) is 20.0 Å². The van der Waals surface area contributed by atoms with Crippen LogP contribution >= 0.6 is 27.7 Å². The summed E-state index contributed by atoms with van der Waals surface area (Å²) < 4.78 is 34.7. The summed E-state index contributed by atoms with van der Waals surface area (Å²) in [6.45, 7) is -1.85. The Labute approximate surface area is 105 Å². The molecule has 0 heterocycles. The van der Waals surface area contributed by atoms with Crippen LogP contribution in [0.15, 0.2) is 16.6 Å². The van der Waals surface area contributed by atoms with Gasteiger partial charge in [-0.25, -0.2) is 8.78 Å². The van der Waals surface area contributed by atoms with Crippen LogP contribution in [0.2, 0.25) is 0 Å². The molecule has 0 bridgehead atoms. The maximum atomic E-state index is 12.2. The van der Waals surface area contributed by atoms with E-state index in [9.17, 15) is 8.78 Å². The van der Waals surface area contributed by atoms with Gasteiger partial charge >= 0.3 is 0 Å². The zero-order valence-electron chi connectivity index (χ0n) is 8.63. The first-order chi connectivity index (χ1) is 7.72. The van der Waals surface area contributed by atoms with Crippen molar-refractivity contribution in [2.24, 2.45) is 0 Å². The third kappa shape index (κ3) is 3.52. The number of alkyl halides is 2. The molecule has 0 aromatic heterocycles. The third-order valence-corrected chi connectivity index (χ3v) is 2.88. The SMILES string of the molecule is CSCc1c(OCF)cc(Br)cc1OCF. The second-order valence-corrected chi connectivity index (χ2v) is 4.60. The highest BCUT2D eigenvalue weighted by molar-refractivity contribution is 9.10. The van der Waals surface area contributed by atoms with Gasteiger partial charge in [0.2, 0.25) is 13.7 Å². The lowest BCUT2D eigenvalue weighted by Crippen LogP contribution is -2.00. The van der Waals surface area contributed by atoms with Crippen LogP contribution in [0.25, 0.3) is 0 Å². The quantitative estimate of drug-likeness (QED) is 0.793. The largest absolute Gasteiger partial charge is 0.462 e. The van der Waals surface area contributed by atoms with Gasteiger partial charge in [-0.3, -0.25) is 0 Å². The van der Waals surface area contributed by atoms with Gasteiger partial charge in [0.1, 0.15) is 11.5 Å². The maximum absolute atomic E-state index is 12.2. The Bertz CT molecular complexity index is 323. The first-order valence-corrected chi connectivity index (χ1v) is 6.60. The van der Waals surface area contributed by atoms with Crippen LogP contribution in [0.5, 0.6) is 11.5 Å². The lowest BCUT2D eigenvalue weighted by Gasteiger charge is -2.13. The zero-order valence-corrected chi connectivity index (χ0v) is 11.0. The topological polar surface area (TPSA) is 18.5 Å². The number of ether oxygens (including phenoxy) is 2. The van der Waals surface area contributed by atoms with Crippen molar-refractivity contribution in [1.82, 2.24) is 0 Å². The Morgan fingerprint density at radius 2 is 1.69 bits per heavy atom. The average Bonchev–Trinajstić information content (AvgIpc) is 2.24. The predicted octanol–water partition coefficient (Wildman–Crippen LogP) is 3.92. The second kappa shape index (κ2) is 6.96. The van der Waals surface area contributed by atoms with E-state index in [0.717, 1.165) is 0 Å². The van der Waals surface area contributed by atoms with E-state index in [-0.39, 0.29) is 0 Å². The smallest absolute Gasteiger partial charge is 0.228 e. The Hall–Kier alpha value is -0.490. The van der Waals surface area contributed by atoms with Gasteiger partial charge in [0.05, 0.1) is 0 Å². The lowest BCUT2D eigenvalue weighted by atomic mass is 10.2. The van der Waals surface area contributed by atoms with Crippen molar-refractivity contribution in [1.29, 1.82) is 0 Å². The fraction of sp³-hybridized carbons (Fsp3) is 0.400. The molecule has 16 heavy (non-hydrogen) atoms. The number of thioether (sulfide) groups is 1. The van der Waals surface area contributed by atoms with Crippen molar-refractivity contribution < 1.29 is 18.3 Å². The van der Waals surface area contributed by atoms with E-state index in [1.165, 1.54) is 11.8 Å². The average molecular weight is 313 g/mol. The van der Waals surface area contributed by atoms with Crippen LogP contribution in [-0.2, 0) is 5.75 Å². The number of rotatable bonds is 6. The molecule has 6 heteroatoms. The molecule has 0 N–H and O–H groups in total. The number of benzene rings is 1. The van der Waals surface area contributed by atoms with E-state index in [0.29, 0.717) is 27.3 Å². The number of hydrogen-bond donors (Lipinski definition) is 0. The molecule has 0 radical (unpaired) electrons. The van der Waals surface area contributed by atoms with Crippen molar-refractivity contribution in [3.05, 3.63) is 22.2 Å². The van der Waals surface area contributed by atoms with Crippen LogP contribution in [0.1, 0.15) is 5.56 Å². The molecule has 0 aliphatic heterocycles. The molecule has 0 unspecified atom stereocenters. The van der Waals surface area contributed by atoms with Gasteiger partial charge in [0.25, 0.3) is 0 Å². The molecule has 2 nitrogen and oxygen atoms in total. The van der Waals surface area contributed by atoms with Gasteiger partial charge in [0, 0.05) is 15.8 Å². The van der Waals surface area contributed by atoms with Crippen LogP contribution < -0.4 is 9.47 Å². The highest BCUT2D eigenvalue weighted by atomic mass is 79.9.